The Bertz CT molecular complexity index is 409. The molecule has 0 fully saturated rings. The Morgan fingerprint density at radius 2 is 1.83 bits per heavy atom. The first-order valence-electron chi connectivity index (χ1n) is 6.42. The van der Waals surface area contributed by atoms with E-state index < -0.39 is 5.92 Å². The first kappa shape index (κ1) is 14.4. The van der Waals surface area contributed by atoms with Gasteiger partial charge in [0.2, 0.25) is 5.91 Å². The summed E-state index contributed by atoms with van der Waals surface area (Å²) in [6, 6.07) is 7.57. The minimum atomic E-state index is -0.522. The highest BCUT2D eigenvalue weighted by Crippen LogP contribution is 2.15. The fourth-order valence-corrected chi connectivity index (χ4v) is 1.79. The standard InChI is InChI=1S/C15H21NO2/c1-4-5-6-14(12(3)17)15(18)16-13-9-7-11(2)8-10-13/h7-10,14H,4-6H2,1-3H3,(H,16,18)/t14-/m1/s1. The topological polar surface area (TPSA) is 46.2 Å². The zero-order chi connectivity index (χ0) is 13.5. The SMILES string of the molecule is CCCC[C@H](C(C)=O)C(=O)Nc1ccc(C)cc1. The average molecular weight is 247 g/mol. The maximum absolute atomic E-state index is 12.0. The van der Waals surface area contributed by atoms with Crippen LogP contribution in [0.5, 0.6) is 0 Å². The van der Waals surface area contributed by atoms with Gasteiger partial charge in [-0.1, -0.05) is 37.5 Å². The average Bonchev–Trinajstić information content (AvgIpc) is 2.32. The van der Waals surface area contributed by atoms with Gasteiger partial charge in [0.05, 0.1) is 5.92 Å². The van der Waals surface area contributed by atoms with Crippen molar-refractivity contribution in [2.24, 2.45) is 5.92 Å². The number of Topliss-reactive ketones (excluding diaryl/α,β-unsaturated/α-hetero) is 1. The van der Waals surface area contributed by atoms with Crippen LogP contribution < -0.4 is 5.32 Å². The zero-order valence-electron chi connectivity index (χ0n) is 11.3. The molecule has 0 radical (unpaired) electrons. The van der Waals surface area contributed by atoms with Crippen LogP contribution >= 0.6 is 0 Å². The lowest BCUT2D eigenvalue weighted by Gasteiger charge is -2.13. The second kappa shape index (κ2) is 6.94. The minimum absolute atomic E-state index is 0.0620. The van der Waals surface area contributed by atoms with Gasteiger partial charge in [-0.2, -0.15) is 0 Å². The van der Waals surface area contributed by atoms with Crippen LogP contribution in [0, 0.1) is 12.8 Å². The zero-order valence-corrected chi connectivity index (χ0v) is 11.3. The van der Waals surface area contributed by atoms with Gasteiger partial charge in [0.15, 0.2) is 0 Å². The van der Waals surface area contributed by atoms with Crippen LogP contribution in [0.4, 0.5) is 5.69 Å². The van der Waals surface area contributed by atoms with Gasteiger partial charge < -0.3 is 5.32 Å². The van der Waals surface area contributed by atoms with E-state index in [1.807, 2.05) is 31.2 Å². The minimum Gasteiger partial charge on any atom is -0.325 e. The van der Waals surface area contributed by atoms with Gasteiger partial charge in [0.25, 0.3) is 0 Å². The van der Waals surface area contributed by atoms with E-state index in [1.54, 1.807) is 0 Å². The van der Waals surface area contributed by atoms with Crippen LogP contribution in [0.3, 0.4) is 0 Å². The molecule has 0 aliphatic carbocycles. The van der Waals surface area contributed by atoms with Crippen molar-refractivity contribution in [1.82, 2.24) is 0 Å². The summed E-state index contributed by atoms with van der Waals surface area (Å²) in [5.41, 5.74) is 1.88. The molecule has 0 aromatic heterocycles. The highest BCUT2D eigenvalue weighted by Gasteiger charge is 2.22. The molecule has 98 valence electrons. The molecule has 0 bridgehead atoms. The molecule has 0 saturated heterocycles. The van der Waals surface area contributed by atoms with Crippen molar-refractivity contribution in [3.63, 3.8) is 0 Å². The molecule has 1 aromatic rings. The Morgan fingerprint density at radius 1 is 1.22 bits per heavy atom. The fourth-order valence-electron chi connectivity index (χ4n) is 1.79. The highest BCUT2D eigenvalue weighted by atomic mass is 16.2. The molecule has 18 heavy (non-hydrogen) atoms. The van der Waals surface area contributed by atoms with E-state index in [0.717, 1.165) is 24.1 Å². The summed E-state index contributed by atoms with van der Waals surface area (Å²) in [6.45, 7) is 5.52. The van der Waals surface area contributed by atoms with Crippen molar-refractivity contribution in [1.29, 1.82) is 0 Å². The maximum Gasteiger partial charge on any atom is 0.234 e. The summed E-state index contributed by atoms with van der Waals surface area (Å²) in [6.07, 6.45) is 2.51. The van der Waals surface area contributed by atoms with Gasteiger partial charge in [0, 0.05) is 5.69 Å². The van der Waals surface area contributed by atoms with Gasteiger partial charge in [-0.15, -0.1) is 0 Å². The van der Waals surface area contributed by atoms with Gasteiger partial charge in [-0.05, 0) is 32.4 Å². The second-order valence-corrected chi connectivity index (χ2v) is 4.66. The summed E-state index contributed by atoms with van der Waals surface area (Å²) >= 11 is 0. The molecule has 3 nitrogen and oxygen atoms in total. The molecule has 1 atom stereocenters. The molecule has 0 heterocycles. The van der Waals surface area contributed by atoms with E-state index in [-0.39, 0.29) is 11.7 Å². The number of nitrogens with one attached hydrogen (secondary N) is 1. The van der Waals surface area contributed by atoms with Gasteiger partial charge in [-0.25, -0.2) is 0 Å². The molecule has 0 unspecified atom stereocenters. The van der Waals surface area contributed by atoms with Crippen molar-refractivity contribution < 1.29 is 9.59 Å². The molecule has 0 aliphatic heterocycles. The van der Waals surface area contributed by atoms with Crippen LogP contribution in [-0.2, 0) is 9.59 Å². The second-order valence-electron chi connectivity index (χ2n) is 4.66. The first-order chi connectivity index (χ1) is 8.54. The Balaban J connectivity index is 2.66. The van der Waals surface area contributed by atoms with E-state index >= 15 is 0 Å². The summed E-state index contributed by atoms with van der Waals surface area (Å²) in [5.74, 6) is -0.779. The smallest absolute Gasteiger partial charge is 0.234 e. The lowest BCUT2D eigenvalue weighted by atomic mass is 9.97. The Hall–Kier alpha value is -1.64. The Morgan fingerprint density at radius 3 is 2.33 bits per heavy atom. The predicted molar refractivity (Wildman–Crippen MR) is 73.5 cm³/mol. The lowest BCUT2D eigenvalue weighted by molar-refractivity contribution is -0.130. The summed E-state index contributed by atoms with van der Waals surface area (Å²) in [4.78, 5) is 23.5. The number of carbonyl (C=O) groups is 2. The monoisotopic (exact) mass is 247 g/mol. The number of amides is 1. The molecular formula is C15H21NO2. The van der Waals surface area contributed by atoms with Gasteiger partial charge in [-0.3, -0.25) is 9.59 Å². The number of ketones is 1. The van der Waals surface area contributed by atoms with Crippen molar-refractivity contribution in [2.45, 2.75) is 40.0 Å². The molecule has 0 spiro atoms. The Labute approximate surface area is 109 Å². The molecule has 1 amide bonds. The fraction of sp³-hybridized carbons (Fsp3) is 0.467. The molecule has 0 aliphatic rings. The van der Waals surface area contributed by atoms with Crippen LogP contribution in [-0.4, -0.2) is 11.7 Å². The van der Waals surface area contributed by atoms with Crippen molar-refractivity contribution in [3.05, 3.63) is 29.8 Å². The third-order valence-corrected chi connectivity index (χ3v) is 2.97. The maximum atomic E-state index is 12.0. The summed E-state index contributed by atoms with van der Waals surface area (Å²) in [5, 5.41) is 2.80. The number of hydrogen-bond donors (Lipinski definition) is 1. The number of anilines is 1. The van der Waals surface area contributed by atoms with E-state index in [9.17, 15) is 9.59 Å². The number of rotatable bonds is 6. The van der Waals surface area contributed by atoms with Crippen LogP contribution in [0.15, 0.2) is 24.3 Å². The number of aryl methyl sites for hydroxylation is 1. The van der Waals surface area contributed by atoms with E-state index in [2.05, 4.69) is 12.2 Å². The molecular weight excluding hydrogens is 226 g/mol. The number of carbonyl (C=O) groups excluding carboxylic acids is 2. The number of hydrogen-bond acceptors (Lipinski definition) is 2. The lowest BCUT2D eigenvalue weighted by Crippen LogP contribution is -2.28. The molecule has 0 saturated carbocycles. The van der Waals surface area contributed by atoms with Crippen LogP contribution in [0.1, 0.15) is 38.7 Å². The normalized spacial score (nSPS) is 11.9. The van der Waals surface area contributed by atoms with Gasteiger partial charge >= 0.3 is 0 Å². The summed E-state index contributed by atoms with van der Waals surface area (Å²) < 4.78 is 0. The first-order valence-corrected chi connectivity index (χ1v) is 6.42. The van der Waals surface area contributed by atoms with Crippen LogP contribution in [0.25, 0.3) is 0 Å². The van der Waals surface area contributed by atoms with E-state index in [4.69, 9.17) is 0 Å². The summed E-state index contributed by atoms with van der Waals surface area (Å²) in [7, 11) is 0. The largest absolute Gasteiger partial charge is 0.325 e. The Kier molecular flexibility index (Phi) is 5.56. The third kappa shape index (κ3) is 4.32. The van der Waals surface area contributed by atoms with E-state index in [0.29, 0.717) is 6.42 Å². The quantitative estimate of drug-likeness (QED) is 0.784. The van der Waals surface area contributed by atoms with Crippen molar-refractivity contribution in [3.8, 4) is 0 Å². The van der Waals surface area contributed by atoms with Crippen molar-refractivity contribution >= 4 is 17.4 Å². The highest BCUT2D eigenvalue weighted by molar-refractivity contribution is 6.06. The van der Waals surface area contributed by atoms with Gasteiger partial charge in [0.1, 0.15) is 5.78 Å². The molecule has 3 heteroatoms. The predicted octanol–water partition coefficient (Wildman–Crippen LogP) is 3.33. The molecule has 1 aromatic carbocycles. The third-order valence-electron chi connectivity index (χ3n) is 2.97. The molecule has 1 N–H and O–H groups in total. The van der Waals surface area contributed by atoms with E-state index in [1.165, 1.54) is 6.92 Å². The van der Waals surface area contributed by atoms with Crippen molar-refractivity contribution in [2.75, 3.05) is 5.32 Å². The molecule has 1 rings (SSSR count). The number of unbranched alkanes of at least 4 members (excludes halogenated alkanes) is 1. The van der Waals surface area contributed by atoms with Crippen LogP contribution in [0.2, 0.25) is 0 Å². The number of benzene rings is 1.